The van der Waals surface area contributed by atoms with Gasteiger partial charge in [-0.05, 0) is 19.3 Å². The zero-order valence-corrected chi connectivity index (χ0v) is 16.7. The van der Waals surface area contributed by atoms with Crippen molar-refractivity contribution in [2.45, 2.75) is 109 Å². The van der Waals surface area contributed by atoms with Gasteiger partial charge in [-0.25, -0.2) is 4.79 Å². The second kappa shape index (κ2) is 14.5. The van der Waals surface area contributed by atoms with E-state index in [4.69, 9.17) is 10.2 Å². The summed E-state index contributed by atoms with van der Waals surface area (Å²) < 4.78 is 0. The Morgan fingerprint density at radius 1 is 0.778 bits per heavy atom. The first-order valence-electron chi connectivity index (χ1n) is 10.8. The Balaban J connectivity index is 1.83. The number of rotatable bonds is 17. The Morgan fingerprint density at radius 3 is 1.67 bits per heavy atom. The number of hydrogen-bond donors (Lipinski definition) is 2. The molecule has 0 aromatic rings. The van der Waals surface area contributed by atoms with E-state index >= 15 is 0 Å². The third kappa shape index (κ3) is 11.0. The fraction of sp³-hybridized carbons (Fsp3) is 0.857. The number of carbonyl (C=O) groups excluding carboxylic acids is 1. The number of unbranched alkanes of at least 4 members (excludes halogenated alkanes) is 12. The maximum atomic E-state index is 11.7. The van der Waals surface area contributed by atoms with E-state index in [1.807, 2.05) is 0 Å². The Labute approximate surface area is 163 Å². The van der Waals surface area contributed by atoms with Gasteiger partial charge in [-0.15, -0.1) is 0 Å². The minimum absolute atomic E-state index is 0.00992. The second-order valence-corrected chi connectivity index (χ2v) is 7.72. The van der Waals surface area contributed by atoms with Gasteiger partial charge in [0.15, 0.2) is 0 Å². The minimum atomic E-state index is -0.874. The van der Waals surface area contributed by atoms with Crippen molar-refractivity contribution in [3.8, 4) is 0 Å². The first-order chi connectivity index (χ1) is 13.0. The van der Waals surface area contributed by atoms with Crippen molar-refractivity contribution < 1.29 is 24.6 Å². The molecule has 0 radical (unpaired) electrons. The number of aliphatic carboxylic acids is 2. The summed E-state index contributed by atoms with van der Waals surface area (Å²) in [7, 11) is 0. The molecule has 0 aliphatic carbocycles. The van der Waals surface area contributed by atoms with Crippen LogP contribution in [0.2, 0.25) is 0 Å². The topological polar surface area (TPSA) is 94.9 Å². The van der Waals surface area contributed by atoms with Crippen LogP contribution in [0.15, 0.2) is 0 Å². The number of likely N-dealkylation sites (tertiary alicyclic amines) is 1. The van der Waals surface area contributed by atoms with Crippen molar-refractivity contribution in [3.63, 3.8) is 0 Å². The highest BCUT2D eigenvalue weighted by molar-refractivity contribution is 5.87. The van der Waals surface area contributed by atoms with Gasteiger partial charge < -0.3 is 15.1 Å². The molecular formula is C21H37NO5. The lowest BCUT2D eigenvalue weighted by Gasteiger charge is -2.21. The molecule has 1 amide bonds. The van der Waals surface area contributed by atoms with Crippen molar-refractivity contribution in [1.82, 2.24) is 4.90 Å². The average Bonchev–Trinajstić information content (AvgIpc) is 2.99. The maximum Gasteiger partial charge on any atom is 0.326 e. The molecule has 27 heavy (non-hydrogen) atoms. The average molecular weight is 384 g/mol. The van der Waals surface area contributed by atoms with Crippen LogP contribution in [-0.2, 0) is 14.4 Å². The van der Waals surface area contributed by atoms with Crippen LogP contribution < -0.4 is 0 Å². The highest BCUT2D eigenvalue weighted by atomic mass is 16.4. The molecule has 1 aliphatic heterocycles. The highest BCUT2D eigenvalue weighted by Gasteiger charge is 2.35. The fourth-order valence-corrected chi connectivity index (χ4v) is 3.77. The second-order valence-electron chi connectivity index (χ2n) is 7.72. The first kappa shape index (κ1) is 23.4. The number of carboxylic acids is 2. The minimum Gasteiger partial charge on any atom is -0.481 e. The molecule has 156 valence electrons. The summed E-state index contributed by atoms with van der Waals surface area (Å²) in [5.74, 6) is -1.57. The van der Waals surface area contributed by atoms with E-state index in [-0.39, 0.29) is 5.91 Å². The maximum absolute atomic E-state index is 11.7. The van der Waals surface area contributed by atoms with Crippen LogP contribution in [0.25, 0.3) is 0 Å². The number of carbonyl (C=O) groups is 3. The van der Waals surface area contributed by atoms with Crippen LogP contribution in [0.1, 0.15) is 103 Å². The monoisotopic (exact) mass is 383 g/mol. The van der Waals surface area contributed by atoms with E-state index in [0.29, 0.717) is 25.8 Å². The molecule has 0 spiro atoms. The third-order valence-electron chi connectivity index (χ3n) is 5.40. The lowest BCUT2D eigenvalue weighted by atomic mass is 10.0. The SMILES string of the molecule is O=C(O)CCCCCCCCCCCCCCCN1C(=O)CCC1C(=O)O. The number of nitrogens with zero attached hydrogens (tertiary/aromatic N) is 1. The van der Waals surface area contributed by atoms with E-state index < -0.39 is 18.0 Å². The lowest BCUT2D eigenvalue weighted by Crippen LogP contribution is -2.39. The van der Waals surface area contributed by atoms with Gasteiger partial charge in [0, 0.05) is 19.4 Å². The fourth-order valence-electron chi connectivity index (χ4n) is 3.77. The number of carboxylic acid groups (broad SMARTS) is 2. The summed E-state index contributed by atoms with van der Waals surface area (Å²) in [6.45, 7) is 0.586. The molecule has 0 aromatic carbocycles. The van der Waals surface area contributed by atoms with Gasteiger partial charge in [-0.2, -0.15) is 0 Å². The van der Waals surface area contributed by atoms with Crippen LogP contribution in [0, 0.1) is 0 Å². The van der Waals surface area contributed by atoms with Gasteiger partial charge in [0.2, 0.25) is 5.91 Å². The summed E-state index contributed by atoms with van der Waals surface area (Å²) in [4.78, 5) is 34.8. The summed E-state index contributed by atoms with van der Waals surface area (Å²) in [5.41, 5.74) is 0. The lowest BCUT2D eigenvalue weighted by molar-refractivity contribution is -0.146. The summed E-state index contributed by atoms with van der Waals surface area (Å²) in [6.07, 6.45) is 16.0. The molecule has 1 atom stereocenters. The predicted octanol–water partition coefficient (Wildman–Crippen LogP) is 4.61. The standard InChI is InChI=1S/C21H37NO5/c23-19-16-15-18(21(26)27)22(19)17-13-11-9-7-5-3-1-2-4-6-8-10-12-14-20(24)25/h18H,1-17H2,(H,24,25)(H,26,27). The van der Waals surface area contributed by atoms with Crippen LogP contribution in [0.4, 0.5) is 0 Å². The van der Waals surface area contributed by atoms with E-state index in [9.17, 15) is 14.4 Å². The van der Waals surface area contributed by atoms with Crippen LogP contribution in [-0.4, -0.2) is 45.5 Å². The van der Waals surface area contributed by atoms with Gasteiger partial charge in [0.05, 0.1) is 0 Å². The van der Waals surface area contributed by atoms with Gasteiger partial charge >= 0.3 is 11.9 Å². The largest absolute Gasteiger partial charge is 0.481 e. The molecular weight excluding hydrogens is 346 g/mol. The van der Waals surface area contributed by atoms with E-state index in [2.05, 4.69) is 0 Å². The first-order valence-corrected chi connectivity index (χ1v) is 10.8. The van der Waals surface area contributed by atoms with E-state index in [1.165, 1.54) is 44.9 Å². The molecule has 1 saturated heterocycles. The van der Waals surface area contributed by atoms with Crippen LogP contribution in [0.3, 0.4) is 0 Å². The molecule has 6 nitrogen and oxygen atoms in total. The van der Waals surface area contributed by atoms with Crippen molar-refractivity contribution in [2.24, 2.45) is 0 Å². The van der Waals surface area contributed by atoms with E-state index in [0.717, 1.165) is 38.5 Å². The third-order valence-corrected chi connectivity index (χ3v) is 5.40. The Hall–Kier alpha value is -1.59. The van der Waals surface area contributed by atoms with Crippen LogP contribution >= 0.6 is 0 Å². The molecule has 0 saturated carbocycles. The molecule has 2 N–H and O–H groups in total. The van der Waals surface area contributed by atoms with Gasteiger partial charge in [-0.1, -0.05) is 70.6 Å². The molecule has 1 fully saturated rings. The molecule has 1 heterocycles. The van der Waals surface area contributed by atoms with Crippen molar-refractivity contribution in [3.05, 3.63) is 0 Å². The highest BCUT2D eigenvalue weighted by Crippen LogP contribution is 2.20. The van der Waals surface area contributed by atoms with Crippen LogP contribution in [0.5, 0.6) is 0 Å². The van der Waals surface area contributed by atoms with E-state index in [1.54, 1.807) is 4.90 Å². The van der Waals surface area contributed by atoms with Gasteiger partial charge in [-0.3, -0.25) is 9.59 Å². The smallest absolute Gasteiger partial charge is 0.326 e. The molecule has 0 aromatic heterocycles. The molecule has 1 aliphatic rings. The van der Waals surface area contributed by atoms with Crippen molar-refractivity contribution in [2.75, 3.05) is 6.54 Å². The quantitative estimate of drug-likeness (QED) is 0.358. The number of hydrogen-bond acceptors (Lipinski definition) is 3. The summed E-state index contributed by atoms with van der Waals surface area (Å²) in [6, 6.07) is -0.602. The summed E-state index contributed by atoms with van der Waals surface area (Å²) >= 11 is 0. The number of amides is 1. The zero-order chi connectivity index (χ0) is 19.9. The Kier molecular flexibility index (Phi) is 12.6. The molecule has 6 heteroatoms. The van der Waals surface area contributed by atoms with Gasteiger partial charge in [0.1, 0.15) is 6.04 Å². The zero-order valence-electron chi connectivity index (χ0n) is 16.7. The van der Waals surface area contributed by atoms with Crippen molar-refractivity contribution in [1.29, 1.82) is 0 Å². The van der Waals surface area contributed by atoms with Gasteiger partial charge in [0.25, 0.3) is 0 Å². The molecule has 1 rings (SSSR count). The Bertz CT molecular complexity index is 452. The molecule has 1 unspecified atom stereocenters. The molecule has 0 bridgehead atoms. The van der Waals surface area contributed by atoms with Crippen molar-refractivity contribution >= 4 is 17.8 Å². The predicted molar refractivity (Wildman–Crippen MR) is 105 cm³/mol. The normalized spacial score (nSPS) is 16.8. The summed E-state index contributed by atoms with van der Waals surface area (Å²) in [5, 5.41) is 17.7. The Morgan fingerprint density at radius 2 is 1.22 bits per heavy atom.